The minimum atomic E-state index is -0.716. The van der Waals surface area contributed by atoms with Crippen molar-refractivity contribution in [2.75, 3.05) is 6.61 Å². The molecule has 442 valence electrons. The average molecular weight is 1130 g/mol. The van der Waals surface area contributed by atoms with E-state index in [1.165, 1.54) is 124 Å². The molecule has 0 spiro atoms. The van der Waals surface area contributed by atoms with E-state index in [9.17, 15) is 4.79 Å². The van der Waals surface area contributed by atoms with Gasteiger partial charge in [0.25, 0.3) is 0 Å². The molecule has 0 fully saturated rings. The summed E-state index contributed by atoms with van der Waals surface area (Å²) in [6, 6.07) is 43.6. The Morgan fingerprint density at radius 3 is 0.788 bits per heavy atom. The van der Waals surface area contributed by atoms with Crippen LogP contribution in [0.1, 0.15) is 272 Å². The molecule has 6 aromatic carbocycles. The van der Waals surface area contributed by atoms with Crippen LogP contribution in [0.3, 0.4) is 0 Å². The van der Waals surface area contributed by atoms with Crippen molar-refractivity contribution >= 4 is 5.97 Å². The van der Waals surface area contributed by atoms with Gasteiger partial charge in [0.05, 0.1) is 34.4 Å². The summed E-state index contributed by atoms with van der Waals surface area (Å²) < 4.78 is 7.21. The molecule has 6 rings (SSSR count). The molecule has 0 aromatic heterocycles. The Morgan fingerprint density at radius 1 is 0.294 bits per heavy atom. The normalized spacial score (nSPS) is 10.5. The summed E-state index contributed by atoms with van der Waals surface area (Å²) in [5, 5.41) is 9.12. The van der Waals surface area contributed by atoms with Gasteiger partial charge in [0.2, 0.25) is 0 Å². The van der Waals surface area contributed by atoms with Crippen LogP contribution in [0.25, 0.3) is 0 Å². The maximum absolute atomic E-state index is 11.1. The Bertz CT molecular complexity index is 3090. The summed E-state index contributed by atoms with van der Waals surface area (Å²) in [6.07, 6.45) is 31.2. The van der Waals surface area contributed by atoms with E-state index in [2.05, 4.69) is 215 Å². The second-order valence-corrected chi connectivity index (χ2v) is 23.0. The number of benzene rings is 6. The van der Waals surface area contributed by atoms with Gasteiger partial charge in [-0.1, -0.05) is 257 Å². The Kier molecular flexibility index (Phi) is 31.2. The van der Waals surface area contributed by atoms with Crippen molar-refractivity contribution in [3.05, 3.63) is 205 Å². The van der Waals surface area contributed by atoms with Gasteiger partial charge in [-0.25, -0.2) is 0 Å². The fourth-order valence-electron chi connectivity index (χ4n) is 10.4. The van der Waals surface area contributed by atoms with Crippen LogP contribution >= 0.6 is 0 Å². The van der Waals surface area contributed by atoms with Gasteiger partial charge in [0, 0.05) is 34.2 Å². The average Bonchev–Trinajstić information content (AvgIpc) is 2.24. The number of aryl methyl sites for hydroxylation is 5. The number of unbranched alkanes of at least 4 members (excludes halogenated alkanes) is 17. The predicted molar refractivity (Wildman–Crippen MR) is 359 cm³/mol. The Balaban J connectivity index is 1.62. The van der Waals surface area contributed by atoms with Gasteiger partial charge in [-0.3, -0.25) is 4.79 Å². The maximum Gasteiger partial charge on any atom is 0.303 e. The van der Waals surface area contributed by atoms with Crippen LogP contribution in [0.5, 0.6) is 5.75 Å². The molecule has 0 atom stereocenters. The highest BCUT2D eigenvalue weighted by atomic mass is 16.5. The fourth-order valence-corrected chi connectivity index (χ4v) is 10.4. The van der Waals surface area contributed by atoms with Gasteiger partial charge in [0.15, 0.2) is 5.75 Å². The molecule has 0 radical (unpaired) electrons. The summed E-state index contributed by atoms with van der Waals surface area (Å²) in [5.41, 5.74) is 14.5. The first-order chi connectivity index (χ1) is 41.8. The number of hydrogen-bond acceptors (Lipinski definition) is 2. The quantitative estimate of drug-likeness (QED) is 0.0338. The molecule has 3 heteroatoms. The molecule has 0 bridgehead atoms. The lowest BCUT2D eigenvalue weighted by Gasteiger charge is -2.17. The summed E-state index contributed by atoms with van der Waals surface area (Å²) in [4.78, 5) is 11.1. The molecule has 0 aliphatic rings. The molecule has 1 N–H and O–H groups in total. The number of aliphatic carboxylic acids is 1. The van der Waals surface area contributed by atoms with Crippen molar-refractivity contribution in [3.63, 3.8) is 0 Å². The molecule has 85 heavy (non-hydrogen) atoms. The Labute approximate surface area is 515 Å². The van der Waals surface area contributed by atoms with E-state index in [4.69, 9.17) is 9.84 Å². The number of carboxylic acid groups (broad SMARTS) is 1. The zero-order valence-corrected chi connectivity index (χ0v) is 52.5. The van der Waals surface area contributed by atoms with Crippen molar-refractivity contribution in [1.82, 2.24) is 0 Å². The Morgan fingerprint density at radius 2 is 0.529 bits per heavy atom. The first-order valence-electron chi connectivity index (χ1n) is 32.9. The smallest absolute Gasteiger partial charge is 0.303 e. The van der Waals surface area contributed by atoms with Gasteiger partial charge in [0.1, 0.15) is 0 Å². The molecule has 0 saturated carbocycles. The maximum atomic E-state index is 11.1. The van der Waals surface area contributed by atoms with E-state index in [0.717, 1.165) is 111 Å². The van der Waals surface area contributed by atoms with Crippen LogP contribution < -0.4 is 4.74 Å². The topological polar surface area (TPSA) is 46.5 Å². The van der Waals surface area contributed by atoms with E-state index in [1.54, 1.807) is 0 Å². The van der Waals surface area contributed by atoms with E-state index in [1.807, 2.05) is 0 Å². The lowest BCUT2D eigenvalue weighted by molar-refractivity contribution is -0.137. The van der Waals surface area contributed by atoms with Crippen LogP contribution in [0, 0.1) is 59.2 Å². The minimum absolute atomic E-state index is 0.243. The number of carbonyl (C=O) groups is 1. The SMILES string of the molecule is CCCCCc1ccc(C#Cc2c(C#Cc3ccc(CCCCC)cc3)c(C#Cc3ccc(CCCCC)cc3)c(OCCCCCCCCCCC(=O)O)c(C#Cc3ccc(CCCCC)cc3)c2C#Cc2ccc(CCCCC)cc2)cc1. The van der Waals surface area contributed by atoms with Crippen LogP contribution in [0.15, 0.2) is 121 Å². The summed E-state index contributed by atoms with van der Waals surface area (Å²) in [5.74, 6) is 36.5. The van der Waals surface area contributed by atoms with Gasteiger partial charge in [-0.2, -0.15) is 0 Å². The first kappa shape index (κ1) is 66.5. The van der Waals surface area contributed by atoms with Gasteiger partial charge in [-0.15, -0.1) is 0 Å². The molecule has 3 nitrogen and oxygen atoms in total. The second-order valence-electron chi connectivity index (χ2n) is 23.0. The number of rotatable bonds is 32. The highest BCUT2D eigenvalue weighted by Crippen LogP contribution is 2.35. The first-order valence-corrected chi connectivity index (χ1v) is 32.9. The largest absolute Gasteiger partial charge is 0.491 e. The number of ether oxygens (including phenoxy) is 1. The van der Waals surface area contributed by atoms with Crippen LogP contribution in [0.2, 0.25) is 0 Å². The van der Waals surface area contributed by atoms with Crippen molar-refractivity contribution in [2.45, 2.75) is 221 Å². The minimum Gasteiger partial charge on any atom is -0.491 e. The highest BCUT2D eigenvalue weighted by molar-refractivity contribution is 5.78. The summed E-state index contributed by atoms with van der Waals surface area (Å²) >= 11 is 0. The van der Waals surface area contributed by atoms with Crippen molar-refractivity contribution < 1.29 is 14.6 Å². The summed E-state index contributed by atoms with van der Waals surface area (Å²) in [6.45, 7) is 11.7. The lowest BCUT2D eigenvalue weighted by atomic mass is 9.89. The summed E-state index contributed by atoms with van der Waals surface area (Å²) in [7, 11) is 0. The van der Waals surface area contributed by atoms with E-state index < -0.39 is 5.97 Å². The van der Waals surface area contributed by atoms with Crippen LogP contribution in [0.4, 0.5) is 0 Å². The molecule has 0 aliphatic carbocycles. The monoisotopic (exact) mass is 1130 g/mol. The van der Waals surface area contributed by atoms with E-state index in [0.29, 0.717) is 40.2 Å². The lowest BCUT2D eigenvalue weighted by Crippen LogP contribution is -2.08. The molecular weight excluding hydrogens is 1030 g/mol. The van der Waals surface area contributed by atoms with Gasteiger partial charge >= 0.3 is 5.97 Å². The van der Waals surface area contributed by atoms with Crippen LogP contribution in [-0.2, 0) is 36.9 Å². The molecular formula is C82H96O3. The zero-order valence-electron chi connectivity index (χ0n) is 52.5. The highest BCUT2D eigenvalue weighted by Gasteiger charge is 2.23. The zero-order chi connectivity index (χ0) is 59.9. The van der Waals surface area contributed by atoms with Crippen LogP contribution in [-0.4, -0.2) is 17.7 Å². The van der Waals surface area contributed by atoms with Gasteiger partial charge in [-0.05, 0) is 166 Å². The molecule has 6 aromatic rings. The molecule has 0 amide bonds. The fraction of sp³-hybridized carbons (Fsp3) is 0.427. The van der Waals surface area contributed by atoms with E-state index in [-0.39, 0.29) is 6.42 Å². The van der Waals surface area contributed by atoms with E-state index >= 15 is 0 Å². The number of carboxylic acids is 1. The van der Waals surface area contributed by atoms with Crippen molar-refractivity contribution in [3.8, 4) is 65.0 Å². The second kappa shape index (κ2) is 39.8. The molecule has 0 unspecified atom stereocenters. The third-order valence-electron chi connectivity index (χ3n) is 15.8. The molecule has 0 aliphatic heterocycles. The molecule has 0 heterocycles. The number of hydrogen-bond donors (Lipinski definition) is 1. The van der Waals surface area contributed by atoms with Crippen molar-refractivity contribution in [1.29, 1.82) is 0 Å². The standard InChI is InChI=1S/C82H96O3/c1-6-11-22-29-66-35-45-71(46-36-66)55-60-76-77(61-56-72-47-37-67(38-48-72)30-23-12-7-2)79(63-58-74-51-41-69(42-52-74)32-25-14-9-4)82(85-65-28-21-19-17-16-18-20-27-34-81(83)84)80(64-59-75-53-43-70(44-54-75)33-26-15-10-5)78(76)62-57-73-49-39-68(40-50-73)31-24-13-8-3/h35-54H,6-34,65H2,1-5H3,(H,83,84). The van der Waals surface area contributed by atoms with Crippen molar-refractivity contribution in [2.24, 2.45) is 0 Å². The molecule has 0 saturated heterocycles. The predicted octanol–water partition coefficient (Wildman–Crippen LogP) is 20.3. The van der Waals surface area contributed by atoms with Gasteiger partial charge < -0.3 is 9.84 Å². The Hall–Kier alpha value is -7.61. The third-order valence-corrected chi connectivity index (χ3v) is 15.8. The third kappa shape index (κ3) is 24.9.